The Morgan fingerprint density at radius 1 is 1.21 bits per heavy atom. The number of hydrogen-bond acceptors (Lipinski definition) is 7. The maximum atomic E-state index is 14.3. The molecule has 1 atom stereocenters. The number of carbonyl (C=O) groups is 2. The lowest BCUT2D eigenvalue weighted by Crippen LogP contribution is -2.26. The van der Waals surface area contributed by atoms with E-state index in [2.05, 4.69) is 10.3 Å². The number of rotatable bonds is 8. The van der Waals surface area contributed by atoms with Crippen molar-refractivity contribution < 1.29 is 32.2 Å². The predicted molar refractivity (Wildman–Crippen MR) is 119 cm³/mol. The molecule has 1 saturated carbocycles. The van der Waals surface area contributed by atoms with Gasteiger partial charge in [-0.3, -0.25) is 10.1 Å². The molecule has 1 heterocycles. The summed E-state index contributed by atoms with van der Waals surface area (Å²) >= 11 is 6.67. The lowest BCUT2D eigenvalue weighted by Gasteiger charge is -2.19. The van der Waals surface area contributed by atoms with Crippen LogP contribution in [0.5, 0.6) is 5.75 Å². The summed E-state index contributed by atoms with van der Waals surface area (Å²) in [5.74, 6) is -3.06. The van der Waals surface area contributed by atoms with E-state index in [1.165, 1.54) is 41.8 Å². The van der Waals surface area contributed by atoms with Crippen molar-refractivity contribution in [3.8, 4) is 5.75 Å². The van der Waals surface area contributed by atoms with Gasteiger partial charge in [-0.15, -0.1) is 11.3 Å². The number of sulfone groups is 1. The minimum Gasteiger partial charge on any atom is -0.476 e. The quantitative estimate of drug-likeness (QED) is 0.462. The van der Waals surface area contributed by atoms with E-state index in [4.69, 9.17) is 21.4 Å². The van der Waals surface area contributed by atoms with Crippen molar-refractivity contribution in [3.05, 3.63) is 69.9 Å². The van der Waals surface area contributed by atoms with Gasteiger partial charge in [-0.1, -0.05) is 23.7 Å². The first-order chi connectivity index (χ1) is 15.6. The molecule has 1 aliphatic rings. The third-order valence-electron chi connectivity index (χ3n) is 4.80. The zero-order chi connectivity index (χ0) is 23.8. The monoisotopic (exact) mass is 510 g/mol. The molecule has 0 spiro atoms. The molecule has 12 heteroatoms. The van der Waals surface area contributed by atoms with Crippen LogP contribution in [-0.4, -0.2) is 35.6 Å². The summed E-state index contributed by atoms with van der Waals surface area (Å²) in [5, 5.41) is 12.5. The van der Waals surface area contributed by atoms with Crippen molar-refractivity contribution in [2.45, 2.75) is 29.1 Å². The third-order valence-corrected chi connectivity index (χ3v) is 8.08. The average molecular weight is 511 g/mol. The number of halogens is 2. The lowest BCUT2D eigenvalue weighted by atomic mass is 10.1. The van der Waals surface area contributed by atoms with Crippen LogP contribution in [0.3, 0.4) is 0 Å². The van der Waals surface area contributed by atoms with Crippen molar-refractivity contribution in [2.24, 2.45) is 0 Å². The number of aromatic nitrogens is 1. The van der Waals surface area contributed by atoms with Crippen LogP contribution in [0.2, 0.25) is 5.02 Å². The minimum atomic E-state index is -3.43. The largest absolute Gasteiger partial charge is 0.476 e. The number of nitrogens with zero attached hydrogens (tertiary/aromatic N) is 1. The van der Waals surface area contributed by atoms with Crippen molar-refractivity contribution in [2.75, 3.05) is 5.32 Å². The summed E-state index contributed by atoms with van der Waals surface area (Å²) in [5.41, 5.74) is 0.0118. The summed E-state index contributed by atoms with van der Waals surface area (Å²) in [6.07, 6.45) is -0.170. The first-order valence-electron chi connectivity index (χ1n) is 9.60. The second-order valence-corrected chi connectivity index (χ2v) is 10.7. The molecule has 1 aliphatic carbocycles. The zero-order valence-electron chi connectivity index (χ0n) is 16.7. The van der Waals surface area contributed by atoms with Gasteiger partial charge in [0.15, 0.2) is 32.2 Å². The number of carbonyl (C=O) groups excluding carboxylic acids is 1. The van der Waals surface area contributed by atoms with E-state index in [-0.39, 0.29) is 32.1 Å². The molecule has 1 unspecified atom stereocenters. The Morgan fingerprint density at radius 3 is 2.48 bits per heavy atom. The van der Waals surface area contributed by atoms with Crippen molar-refractivity contribution in [1.29, 1.82) is 0 Å². The van der Waals surface area contributed by atoms with Gasteiger partial charge in [0.25, 0.3) is 5.91 Å². The van der Waals surface area contributed by atoms with Gasteiger partial charge < -0.3 is 9.84 Å². The molecule has 4 rings (SSSR count). The van der Waals surface area contributed by atoms with Crippen LogP contribution < -0.4 is 10.1 Å². The molecular formula is C21H16ClFN2O6S2. The van der Waals surface area contributed by atoms with E-state index in [0.29, 0.717) is 12.8 Å². The molecule has 0 radical (unpaired) electrons. The number of aromatic carboxylic acids is 1. The van der Waals surface area contributed by atoms with Crippen LogP contribution in [0.4, 0.5) is 9.52 Å². The number of amides is 1. The highest BCUT2D eigenvalue weighted by molar-refractivity contribution is 7.92. The van der Waals surface area contributed by atoms with E-state index < -0.39 is 38.9 Å². The Labute approximate surface area is 196 Å². The third kappa shape index (κ3) is 5.15. The first kappa shape index (κ1) is 23.1. The van der Waals surface area contributed by atoms with Gasteiger partial charge in [0.1, 0.15) is 0 Å². The van der Waals surface area contributed by atoms with Crippen LogP contribution in [0.15, 0.2) is 52.7 Å². The Bertz CT molecular complexity index is 1320. The number of benzene rings is 2. The molecule has 172 valence electrons. The van der Waals surface area contributed by atoms with Gasteiger partial charge in [0.2, 0.25) is 6.10 Å². The maximum Gasteiger partial charge on any atom is 0.355 e. The highest BCUT2D eigenvalue weighted by atomic mass is 35.5. The van der Waals surface area contributed by atoms with Crippen molar-refractivity contribution >= 4 is 49.8 Å². The van der Waals surface area contributed by atoms with E-state index in [1.54, 1.807) is 0 Å². The predicted octanol–water partition coefficient (Wildman–Crippen LogP) is 4.33. The topological polar surface area (TPSA) is 123 Å². The van der Waals surface area contributed by atoms with Crippen LogP contribution >= 0.6 is 22.9 Å². The minimum absolute atomic E-state index is 0.00973. The first-order valence-corrected chi connectivity index (χ1v) is 12.4. The highest BCUT2D eigenvalue weighted by Gasteiger charge is 2.37. The van der Waals surface area contributed by atoms with Gasteiger partial charge in [-0.05, 0) is 43.2 Å². The molecule has 2 N–H and O–H groups in total. The van der Waals surface area contributed by atoms with E-state index in [0.717, 1.165) is 17.4 Å². The van der Waals surface area contributed by atoms with Crippen LogP contribution in [0.1, 0.15) is 35.0 Å². The van der Waals surface area contributed by atoms with Crippen molar-refractivity contribution in [1.82, 2.24) is 4.98 Å². The fraction of sp³-hybridized carbons (Fsp3) is 0.190. The molecule has 2 aromatic carbocycles. The molecule has 0 aliphatic heterocycles. The van der Waals surface area contributed by atoms with Crippen LogP contribution in [-0.2, 0) is 14.6 Å². The SMILES string of the molecule is O=C(O)c1csc(NC(=O)C(Oc2ccc(Cl)cc2F)c2ccc(S(=O)(=O)C3CC3)cc2)n1. The Hall–Kier alpha value is -3.02. The average Bonchev–Trinajstić information content (AvgIpc) is 3.53. The molecule has 33 heavy (non-hydrogen) atoms. The number of nitrogens with one attached hydrogen (secondary N) is 1. The van der Waals surface area contributed by atoms with Crippen LogP contribution in [0.25, 0.3) is 0 Å². The van der Waals surface area contributed by atoms with Crippen LogP contribution in [0, 0.1) is 5.82 Å². The number of anilines is 1. The number of hydrogen-bond donors (Lipinski definition) is 2. The standard InChI is InChI=1S/C21H16ClFN2O6S2/c22-12-3-8-17(15(23)9-12)31-18(19(26)25-21-24-16(10-32-21)20(27)28)11-1-4-13(5-2-11)33(29,30)14-6-7-14/h1-5,8-10,14,18H,6-7H2,(H,27,28)(H,24,25,26). The molecule has 1 aromatic heterocycles. The van der Waals surface area contributed by atoms with Gasteiger partial charge in [-0.2, -0.15) is 0 Å². The molecule has 0 saturated heterocycles. The second kappa shape index (κ2) is 9.08. The smallest absolute Gasteiger partial charge is 0.355 e. The normalized spacial score (nSPS) is 14.5. The number of carboxylic acid groups (broad SMARTS) is 1. The molecule has 3 aromatic rings. The fourth-order valence-electron chi connectivity index (χ4n) is 2.97. The van der Waals surface area contributed by atoms with Gasteiger partial charge >= 0.3 is 5.97 Å². The maximum absolute atomic E-state index is 14.3. The van der Waals surface area contributed by atoms with E-state index in [9.17, 15) is 22.4 Å². The highest BCUT2D eigenvalue weighted by Crippen LogP contribution is 2.34. The van der Waals surface area contributed by atoms with E-state index in [1.807, 2.05) is 0 Å². The summed E-state index contributed by atoms with van der Waals surface area (Å²) in [7, 11) is -3.43. The van der Waals surface area contributed by atoms with Crippen molar-refractivity contribution in [3.63, 3.8) is 0 Å². The van der Waals surface area contributed by atoms with Gasteiger partial charge in [-0.25, -0.2) is 22.6 Å². The second-order valence-electron chi connectivity index (χ2n) is 7.22. The summed E-state index contributed by atoms with van der Waals surface area (Å²) in [6, 6.07) is 9.25. The molecule has 8 nitrogen and oxygen atoms in total. The van der Waals surface area contributed by atoms with Gasteiger partial charge in [0, 0.05) is 16.0 Å². The summed E-state index contributed by atoms with van der Waals surface area (Å²) in [6.45, 7) is 0. The lowest BCUT2D eigenvalue weighted by molar-refractivity contribution is -0.123. The Morgan fingerprint density at radius 2 is 1.91 bits per heavy atom. The summed E-state index contributed by atoms with van der Waals surface area (Å²) in [4.78, 5) is 27.9. The van der Waals surface area contributed by atoms with Gasteiger partial charge in [0.05, 0.1) is 10.1 Å². The van der Waals surface area contributed by atoms with E-state index >= 15 is 0 Å². The molecular weight excluding hydrogens is 495 g/mol. The molecule has 1 amide bonds. The number of thiazole rings is 1. The Kier molecular flexibility index (Phi) is 6.37. The molecule has 0 bridgehead atoms. The summed E-state index contributed by atoms with van der Waals surface area (Å²) < 4.78 is 44.9. The number of ether oxygens (including phenoxy) is 1. The Balaban J connectivity index is 1.64. The number of carboxylic acids is 1. The zero-order valence-corrected chi connectivity index (χ0v) is 19.1. The fourth-order valence-corrected chi connectivity index (χ4v) is 5.48. The molecule has 1 fully saturated rings.